The third-order valence-corrected chi connectivity index (χ3v) is 1.90. The Morgan fingerprint density at radius 1 is 1.24 bits per heavy atom. The minimum atomic E-state index is -0.388. The van der Waals surface area contributed by atoms with Crippen LogP contribution in [0.4, 0.5) is 0 Å². The molecule has 0 aliphatic carbocycles. The van der Waals surface area contributed by atoms with Gasteiger partial charge in [-0.1, -0.05) is 36.3 Å². The number of hydrogen-bond acceptors (Lipinski definition) is 2. The van der Waals surface area contributed by atoms with Crippen LogP contribution in [0, 0.1) is 17.3 Å². The molecule has 0 bridgehead atoms. The molecule has 2 nitrogen and oxygen atoms in total. The van der Waals surface area contributed by atoms with Crippen LogP contribution in [0.25, 0.3) is 5.76 Å². The lowest BCUT2D eigenvalue weighted by atomic mass is 9.98. The highest BCUT2D eigenvalue weighted by Crippen LogP contribution is 2.11. The summed E-state index contributed by atoms with van der Waals surface area (Å²) >= 11 is 0. The van der Waals surface area contributed by atoms with Gasteiger partial charge in [-0.3, -0.25) is 4.79 Å². The summed E-state index contributed by atoms with van der Waals surface area (Å²) in [6, 6.07) is 8.90. The lowest BCUT2D eigenvalue weighted by molar-refractivity contribution is -0.109. The molecule has 17 heavy (non-hydrogen) atoms. The number of carbonyl (C=O) groups excluding carboxylic acids is 1. The van der Waals surface area contributed by atoms with E-state index in [2.05, 4.69) is 11.8 Å². The Hall–Kier alpha value is -2.01. The molecule has 0 aliphatic rings. The average molecular weight is 228 g/mol. The van der Waals surface area contributed by atoms with Crippen molar-refractivity contribution in [3.8, 4) is 11.8 Å². The predicted octanol–water partition coefficient (Wildman–Crippen LogP) is 3.20. The Kier molecular flexibility index (Phi) is 4.12. The predicted molar refractivity (Wildman–Crippen MR) is 69.3 cm³/mol. The summed E-state index contributed by atoms with van der Waals surface area (Å²) < 4.78 is 0. The van der Waals surface area contributed by atoms with Crippen molar-refractivity contribution in [2.45, 2.75) is 20.8 Å². The van der Waals surface area contributed by atoms with Crippen molar-refractivity contribution in [1.82, 2.24) is 0 Å². The molecule has 0 saturated carbocycles. The number of ketones is 1. The van der Waals surface area contributed by atoms with E-state index >= 15 is 0 Å². The standard InChI is InChI=1S/C15H16O2/c1-15(2,3)10-9-13(16)11-14(17)12-7-5-4-6-8-12/h4-8,11,17H,1-3H3/b14-11-. The van der Waals surface area contributed by atoms with E-state index in [-0.39, 0.29) is 17.0 Å². The first-order valence-corrected chi connectivity index (χ1v) is 5.42. The van der Waals surface area contributed by atoms with Crippen molar-refractivity contribution in [2.24, 2.45) is 5.41 Å². The maximum Gasteiger partial charge on any atom is 0.232 e. The van der Waals surface area contributed by atoms with Crippen LogP contribution in [0.3, 0.4) is 0 Å². The van der Waals surface area contributed by atoms with Gasteiger partial charge in [-0.05, 0) is 26.7 Å². The van der Waals surface area contributed by atoms with Crippen molar-refractivity contribution in [3.05, 3.63) is 42.0 Å². The van der Waals surface area contributed by atoms with Crippen molar-refractivity contribution >= 4 is 11.5 Å². The van der Waals surface area contributed by atoms with E-state index in [0.29, 0.717) is 5.56 Å². The van der Waals surface area contributed by atoms with E-state index in [9.17, 15) is 9.90 Å². The van der Waals surface area contributed by atoms with E-state index in [4.69, 9.17) is 0 Å². The number of rotatable bonds is 2. The molecular weight excluding hydrogens is 212 g/mol. The van der Waals surface area contributed by atoms with Crippen molar-refractivity contribution in [2.75, 3.05) is 0 Å². The first-order chi connectivity index (χ1) is 7.88. The summed E-state index contributed by atoms with van der Waals surface area (Å²) in [7, 11) is 0. The van der Waals surface area contributed by atoms with Crippen molar-refractivity contribution < 1.29 is 9.90 Å². The molecule has 1 N–H and O–H groups in total. The third-order valence-electron chi connectivity index (χ3n) is 1.90. The van der Waals surface area contributed by atoms with Crippen LogP contribution >= 0.6 is 0 Å². The normalized spacial score (nSPS) is 11.6. The number of hydrogen-bond donors (Lipinski definition) is 1. The summed E-state index contributed by atoms with van der Waals surface area (Å²) in [6.07, 6.45) is 1.15. The Labute approximate surface area is 102 Å². The van der Waals surface area contributed by atoms with E-state index in [1.165, 1.54) is 0 Å². The van der Waals surface area contributed by atoms with Crippen LogP contribution in [-0.2, 0) is 4.79 Å². The maximum absolute atomic E-state index is 11.5. The Morgan fingerprint density at radius 2 is 1.82 bits per heavy atom. The molecule has 0 fully saturated rings. The lowest BCUT2D eigenvalue weighted by Gasteiger charge is -2.06. The molecule has 0 unspecified atom stereocenters. The Bertz CT molecular complexity index is 479. The number of benzene rings is 1. The SMILES string of the molecule is CC(C)(C)C#CC(=O)/C=C(\O)c1ccccc1. The van der Waals surface area contributed by atoms with Crippen LogP contribution in [0.1, 0.15) is 26.3 Å². The van der Waals surface area contributed by atoms with Gasteiger partial charge in [0.15, 0.2) is 0 Å². The fraction of sp³-hybridized carbons (Fsp3) is 0.267. The average Bonchev–Trinajstić information content (AvgIpc) is 2.27. The zero-order valence-corrected chi connectivity index (χ0v) is 10.3. The van der Waals surface area contributed by atoms with Gasteiger partial charge >= 0.3 is 0 Å². The molecule has 1 aromatic rings. The first-order valence-electron chi connectivity index (χ1n) is 5.42. The van der Waals surface area contributed by atoms with Crippen molar-refractivity contribution in [3.63, 3.8) is 0 Å². The maximum atomic E-state index is 11.5. The smallest absolute Gasteiger partial charge is 0.232 e. The largest absolute Gasteiger partial charge is 0.507 e. The molecule has 0 amide bonds. The van der Waals surface area contributed by atoms with Crippen LogP contribution in [0.2, 0.25) is 0 Å². The minimum Gasteiger partial charge on any atom is -0.507 e. The van der Waals surface area contributed by atoms with E-state index in [1.54, 1.807) is 24.3 Å². The molecule has 0 aromatic heterocycles. The third kappa shape index (κ3) is 5.03. The molecule has 1 rings (SSSR count). The molecule has 1 aromatic carbocycles. The van der Waals surface area contributed by atoms with Gasteiger partial charge in [0.2, 0.25) is 5.78 Å². The number of aliphatic hydroxyl groups excluding tert-OH is 1. The highest BCUT2D eigenvalue weighted by molar-refractivity contribution is 6.07. The Balaban J connectivity index is 2.83. The van der Waals surface area contributed by atoms with Crippen LogP contribution in [0.5, 0.6) is 0 Å². The molecule has 0 radical (unpaired) electrons. The molecule has 0 saturated heterocycles. The van der Waals surface area contributed by atoms with Crippen molar-refractivity contribution in [1.29, 1.82) is 0 Å². The van der Waals surface area contributed by atoms with E-state index in [1.807, 2.05) is 26.8 Å². The summed E-state index contributed by atoms with van der Waals surface area (Å²) in [5, 5.41) is 9.69. The van der Waals surface area contributed by atoms with E-state index < -0.39 is 0 Å². The van der Waals surface area contributed by atoms with Gasteiger partial charge in [0.05, 0.1) is 0 Å². The number of aliphatic hydroxyl groups is 1. The van der Waals surface area contributed by atoms with Crippen LogP contribution in [0.15, 0.2) is 36.4 Å². The number of allylic oxidation sites excluding steroid dienone is 1. The highest BCUT2D eigenvalue weighted by Gasteiger charge is 2.05. The fourth-order valence-electron chi connectivity index (χ4n) is 1.10. The summed E-state index contributed by atoms with van der Waals surface area (Å²) in [6.45, 7) is 5.77. The van der Waals surface area contributed by atoms with Gasteiger partial charge in [-0.2, -0.15) is 0 Å². The second-order valence-corrected chi connectivity index (χ2v) is 4.76. The zero-order valence-electron chi connectivity index (χ0n) is 10.3. The molecular formula is C15H16O2. The molecule has 0 heterocycles. The van der Waals surface area contributed by atoms with Gasteiger partial charge in [0, 0.05) is 17.1 Å². The van der Waals surface area contributed by atoms with Crippen LogP contribution in [-0.4, -0.2) is 10.9 Å². The van der Waals surface area contributed by atoms with Gasteiger partial charge in [0.1, 0.15) is 5.76 Å². The van der Waals surface area contributed by atoms with Gasteiger partial charge < -0.3 is 5.11 Å². The zero-order chi connectivity index (χ0) is 12.9. The topological polar surface area (TPSA) is 37.3 Å². The quantitative estimate of drug-likeness (QED) is 0.365. The van der Waals surface area contributed by atoms with Gasteiger partial charge in [-0.15, -0.1) is 0 Å². The number of carbonyl (C=O) groups is 1. The van der Waals surface area contributed by atoms with Gasteiger partial charge in [0.25, 0.3) is 0 Å². The molecule has 2 heteroatoms. The molecule has 0 spiro atoms. The van der Waals surface area contributed by atoms with E-state index in [0.717, 1.165) is 6.08 Å². The fourth-order valence-corrected chi connectivity index (χ4v) is 1.10. The minimum absolute atomic E-state index is 0.0567. The van der Waals surface area contributed by atoms with Crippen LogP contribution < -0.4 is 0 Å². The van der Waals surface area contributed by atoms with Gasteiger partial charge in [-0.25, -0.2) is 0 Å². The summed E-state index contributed by atoms with van der Waals surface area (Å²) in [5.41, 5.74) is 0.393. The highest BCUT2D eigenvalue weighted by atomic mass is 16.3. The first kappa shape index (κ1) is 13.1. The second kappa shape index (κ2) is 5.36. The molecule has 88 valence electrons. The monoisotopic (exact) mass is 228 g/mol. The lowest BCUT2D eigenvalue weighted by Crippen LogP contribution is -2.01. The molecule has 0 atom stereocenters. The second-order valence-electron chi connectivity index (χ2n) is 4.76. The summed E-state index contributed by atoms with van der Waals surface area (Å²) in [4.78, 5) is 11.5. The molecule has 0 aliphatic heterocycles. The Morgan fingerprint density at radius 3 is 2.35 bits per heavy atom. The summed E-state index contributed by atoms with van der Waals surface area (Å²) in [5.74, 6) is 4.88.